The maximum absolute atomic E-state index is 12.6. The summed E-state index contributed by atoms with van der Waals surface area (Å²) < 4.78 is 32.1. The van der Waals surface area contributed by atoms with Gasteiger partial charge in [0.15, 0.2) is 0 Å². The number of aryl methyl sites for hydroxylation is 2. The lowest BCUT2D eigenvalue weighted by molar-refractivity contribution is 0.0732. The van der Waals surface area contributed by atoms with Crippen molar-refractivity contribution in [3.05, 3.63) is 59.2 Å². The fraction of sp³-hybridized carbons (Fsp3) is 0.316. The Labute approximate surface area is 149 Å². The second kappa shape index (κ2) is 7.80. The molecule has 25 heavy (non-hydrogen) atoms. The van der Waals surface area contributed by atoms with E-state index in [-0.39, 0.29) is 10.5 Å². The van der Waals surface area contributed by atoms with Crippen molar-refractivity contribution < 1.29 is 17.9 Å². The molecule has 2 aromatic carbocycles. The van der Waals surface area contributed by atoms with Gasteiger partial charge in [0.25, 0.3) is 0 Å². The molecule has 0 aliphatic rings. The second-order valence-electron chi connectivity index (χ2n) is 5.73. The SMILES string of the molecule is CCN(CC)S(=O)(=O)c1cccc(C(=O)Oc2c(C)cccc2C)c1. The molecule has 0 aliphatic carbocycles. The number of rotatable bonds is 6. The number of carbonyl (C=O) groups excluding carboxylic acids is 1. The summed E-state index contributed by atoms with van der Waals surface area (Å²) >= 11 is 0. The molecule has 0 bridgehead atoms. The minimum Gasteiger partial charge on any atom is -0.422 e. The van der Waals surface area contributed by atoms with Crippen molar-refractivity contribution in [2.45, 2.75) is 32.6 Å². The largest absolute Gasteiger partial charge is 0.422 e. The van der Waals surface area contributed by atoms with Gasteiger partial charge in [0, 0.05) is 13.1 Å². The van der Waals surface area contributed by atoms with Crippen molar-refractivity contribution in [1.29, 1.82) is 0 Å². The summed E-state index contributed by atoms with van der Waals surface area (Å²) in [7, 11) is -3.62. The normalized spacial score (nSPS) is 11.6. The lowest BCUT2D eigenvalue weighted by Gasteiger charge is -2.18. The number of hydrogen-bond acceptors (Lipinski definition) is 4. The first-order valence-corrected chi connectivity index (χ1v) is 9.63. The molecule has 0 aliphatic heterocycles. The Morgan fingerprint density at radius 1 is 1.00 bits per heavy atom. The quantitative estimate of drug-likeness (QED) is 0.583. The van der Waals surface area contributed by atoms with E-state index < -0.39 is 16.0 Å². The molecule has 6 heteroatoms. The third-order valence-corrected chi connectivity index (χ3v) is 6.06. The van der Waals surface area contributed by atoms with E-state index in [1.807, 2.05) is 32.0 Å². The molecule has 2 rings (SSSR count). The number of esters is 1. The van der Waals surface area contributed by atoms with Crippen LogP contribution in [0.1, 0.15) is 35.3 Å². The van der Waals surface area contributed by atoms with Crippen molar-refractivity contribution in [3.8, 4) is 5.75 Å². The molecule has 2 aromatic rings. The van der Waals surface area contributed by atoms with E-state index in [0.717, 1.165) is 11.1 Å². The highest BCUT2D eigenvalue weighted by atomic mass is 32.2. The number of nitrogens with zero attached hydrogens (tertiary/aromatic N) is 1. The van der Waals surface area contributed by atoms with Gasteiger partial charge in [0.2, 0.25) is 10.0 Å². The van der Waals surface area contributed by atoms with E-state index in [2.05, 4.69) is 0 Å². The number of hydrogen-bond donors (Lipinski definition) is 0. The molecule has 0 spiro atoms. The molecule has 0 radical (unpaired) electrons. The molecular weight excluding hydrogens is 338 g/mol. The first-order valence-electron chi connectivity index (χ1n) is 8.19. The molecule has 0 heterocycles. The van der Waals surface area contributed by atoms with Gasteiger partial charge < -0.3 is 4.74 Å². The highest BCUT2D eigenvalue weighted by molar-refractivity contribution is 7.89. The van der Waals surface area contributed by atoms with Gasteiger partial charge in [-0.15, -0.1) is 0 Å². The predicted octanol–water partition coefficient (Wildman–Crippen LogP) is 3.55. The van der Waals surface area contributed by atoms with E-state index in [1.54, 1.807) is 26.0 Å². The zero-order valence-electron chi connectivity index (χ0n) is 14.9. The predicted molar refractivity (Wildman–Crippen MR) is 97.4 cm³/mol. The molecule has 0 N–H and O–H groups in total. The van der Waals surface area contributed by atoms with Gasteiger partial charge in [-0.2, -0.15) is 4.31 Å². The van der Waals surface area contributed by atoms with E-state index in [1.165, 1.54) is 16.4 Å². The number of carbonyl (C=O) groups is 1. The van der Waals surface area contributed by atoms with Gasteiger partial charge in [-0.25, -0.2) is 13.2 Å². The van der Waals surface area contributed by atoms with Gasteiger partial charge >= 0.3 is 5.97 Å². The van der Waals surface area contributed by atoms with Crippen LogP contribution in [0.5, 0.6) is 5.75 Å². The molecule has 0 aromatic heterocycles. The second-order valence-corrected chi connectivity index (χ2v) is 7.67. The maximum Gasteiger partial charge on any atom is 0.343 e. The van der Waals surface area contributed by atoms with Gasteiger partial charge in [0.1, 0.15) is 5.75 Å². The Bertz CT molecular complexity index is 850. The summed E-state index contributed by atoms with van der Waals surface area (Å²) in [4.78, 5) is 12.6. The number of benzene rings is 2. The van der Waals surface area contributed by atoms with Crippen LogP contribution in [0.3, 0.4) is 0 Å². The lowest BCUT2D eigenvalue weighted by Crippen LogP contribution is -2.30. The third-order valence-electron chi connectivity index (χ3n) is 4.02. The minimum atomic E-state index is -3.62. The Hall–Kier alpha value is -2.18. The summed E-state index contributed by atoms with van der Waals surface area (Å²) in [6.45, 7) is 8.01. The average molecular weight is 361 g/mol. The molecule has 0 unspecified atom stereocenters. The van der Waals surface area contributed by atoms with E-state index >= 15 is 0 Å². The van der Waals surface area contributed by atoms with Crippen LogP contribution < -0.4 is 4.74 Å². The van der Waals surface area contributed by atoms with Gasteiger partial charge in [0.05, 0.1) is 10.5 Å². The van der Waals surface area contributed by atoms with E-state index in [9.17, 15) is 13.2 Å². The zero-order chi connectivity index (χ0) is 18.6. The van der Waals surface area contributed by atoms with Crippen LogP contribution >= 0.6 is 0 Å². The molecule has 0 saturated carbocycles. The molecule has 5 nitrogen and oxygen atoms in total. The molecule has 0 amide bonds. The zero-order valence-corrected chi connectivity index (χ0v) is 15.8. The van der Waals surface area contributed by atoms with Gasteiger partial charge in [-0.1, -0.05) is 38.1 Å². The van der Waals surface area contributed by atoms with Crippen LogP contribution in [0.2, 0.25) is 0 Å². The topological polar surface area (TPSA) is 63.7 Å². The Morgan fingerprint density at radius 2 is 1.56 bits per heavy atom. The van der Waals surface area contributed by atoms with Crippen LogP contribution in [-0.4, -0.2) is 31.8 Å². The Balaban J connectivity index is 2.34. The maximum atomic E-state index is 12.6. The standard InChI is InChI=1S/C19H23NO4S/c1-5-20(6-2)25(22,23)17-12-8-11-16(13-17)19(21)24-18-14(3)9-7-10-15(18)4/h7-13H,5-6H2,1-4H3. The van der Waals surface area contributed by atoms with Crippen LogP contribution in [0.25, 0.3) is 0 Å². The van der Waals surface area contributed by atoms with Crippen molar-refractivity contribution in [1.82, 2.24) is 4.31 Å². The summed E-state index contributed by atoms with van der Waals surface area (Å²) in [6.07, 6.45) is 0. The first kappa shape index (κ1) is 19.1. The Morgan fingerprint density at radius 3 is 2.12 bits per heavy atom. The summed E-state index contributed by atoms with van der Waals surface area (Å²) in [5.74, 6) is -0.0708. The summed E-state index contributed by atoms with van der Waals surface area (Å²) in [6, 6.07) is 11.6. The fourth-order valence-corrected chi connectivity index (χ4v) is 4.11. The molecule has 0 atom stereocenters. The van der Waals surface area contributed by atoms with Crippen molar-refractivity contribution in [3.63, 3.8) is 0 Å². The van der Waals surface area contributed by atoms with E-state index in [4.69, 9.17) is 4.74 Å². The van der Waals surface area contributed by atoms with Crippen LogP contribution in [0.15, 0.2) is 47.4 Å². The van der Waals surface area contributed by atoms with Crippen LogP contribution in [0, 0.1) is 13.8 Å². The highest BCUT2D eigenvalue weighted by Crippen LogP contribution is 2.24. The van der Waals surface area contributed by atoms with E-state index in [0.29, 0.717) is 18.8 Å². The number of sulfonamides is 1. The molecule has 0 fully saturated rings. The smallest absolute Gasteiger partial charge is 0.343 e. The monoisotopic (exact) mass is 361 g/mol. The number of para-hydroxylation sites is 1. The fourth-order valence-electron chi connectivity index (χ4n) is 2.61. The van der Waals surface area contributed by atoms with Crippen molar-refractivity contribution in [2.24, 2.45) is 0 Å². The molecule has 0 saturated heterocycles. The van der Waals surface area contributed by atoms with Gasteiger partial charge in [-0.3, -0.25) is 0 Å². The Kier molecular flexibility index (Phi) is 5.98. The summed E-state index contributed by atoms with van der Waals surface area (Å²) in [5.41, 5.74) is 1.90. The third kappa shape index (κ3) is 4.08. The van der Waals surface area contributed by atoms with Crippen LogP contribution in [-0.2, 0) is 10.0 Å². The molecular formula is C19H23NO4S. The lowest BCUT2D eigenvalue weighted by atomic mass is 10.1. The molecule has 134 valence electrons. The average Bonchev–Trinajstić information content (AvgIpc) is 2.59. The van der Waals surface area contributed by atoms with Crippen molar-refractivity contribution in [2.75, 3.05) is 13.1 Å². The number of ether oxygens (including phenoxy) is 1. The minimum absolute atomic E-state index is 0.0900. The van der Waals surface area contributed by atoms with Crippen molar-refractivity contribution >= 4 is 16.0 Å². The van der Waals surface area contributed by atoms with Gasteiger partial charge in [-0.05, 0) is 43.2 Å². The van der Waals surface area contributed by atoms with Crippen LogP contribution in [0.4, 0.5) is 0 Å². The summed E-state index contributed by atoms with van der Waals surface area (Å²) in [5, 5.41) is 0. The highest BCUT2D eigenvalue weighted by Gasteiger charge is 2.23. The first-order chi connectivity index (χ1) is 11.8.